The molecule has 7 heteroatoms. The molecule has 154 valence electrons. The van der Waals surface area contributed by atoms with E-state index in [2.05, 4.69) is 0 Å². The van der Waals surface area contributed by atoms with Gasteiger partial charge < -0.3 is 13.8 Å². The van der Waals surface area contributed by atoms with Gasteiger partial charge in [-0.3, -0.25) is 4.79 Å². The average molecular weight is 400 g/mol. The lowest BCUT2D eigenvalue weighted by Gasteiger charge is -2.29. The molecule has 0 spiro atoms. The van der Waals surface area contributed by atoms with Crippen LogP contribution in [0.4, 0.5) is 0 Å². The Morgan fingerprint density at radius 3 is 2.22 bits per heavy atom. The third-order valence-electron chi connectivity index (χ3n) is 4.39. The summed E-state index contributed by atoms with van der Waals surface area (Å²) in [5, 5.41) is -0.671. The Morgan fingerprint density at radius 1 is 1.11 bits per heavy atom. The van der Waals surface area contributed by atoms with Crippen molar-refractivity contribution in [2.75, 3.05) is 7.11 Å². The van der Waals surface area contributed by atoms with Crippen LogP contribution in [0.2, 0.25) is 0 Å². The van der Waals surface area contributed by atoms with Crippen LogP contribution in [0, 0.1) is 5.92 Å². The summed E-state index contributed by atoms with van der Waals surface area (Å²) in [6.07, 6.45) is 1.32. The van der Waals surface area contributed by atoms with Crippen LogP contribution in [-0.4, -0.2) is 37.6 Å². The second-order valence-electron chi connectivity index (χ2n) is 7.49. The fourth-order valence-corrected chi connectivity index (χ4v) is 3.05. The first-order chi connectivity index (χ1) is 12.5. The molecule has 27 heavy (non-hydrogen) atoms. The molecule has 0 aromatic heterocycles. The second-order valence-corrected chi connectivity index (χ2v) is 9.58. The third kappa shape index (κ3) is 6.72. The highest BCUT2D eigenvalue weighted by atomic mass is 32.2. The molecule has 0 heterocycles. The van der Waals surface area contributed by atoms with Crippen molar-refractivity contribution in [3.05, 3.63) is 23.8 Å². The molecule has 0 saturated heterocycles. The minimum Gasteiger partial charge on any atom is -0.493 e. The number of carbonyl (C=O) groups excluding carboxylic acids is 1. The van der Waals surface area contributed by atoms with Crippen molar-refractivity contribution in [2.24, 2.45) is 5.92 Å². The first-order valence-corrected chi connectivity index (χ1v) is 10.9. The largest absolute Gasteiger partial charge is 0.493 e. The number of benzene rings is 1. The van der Waals surface area contributed by atoms with Crippen molar-refractivity contribution >= 4 is 16.0 Å². The van der Waals surface area contributed by atoms with E-state index in [1.54, 1.807) is 26.0 Å². The lowest BCUT2D eigenvalue weighted by atomic mass is 10.1. The minimum absolute atomic E-state index is 0.0853. The summed E-state index contributed by atoms with van der Waals surface area (Å²) in [4.78, 5) is 14.5. The van der Waals surface area contributed by atoms with Crippen molar-refractivity contribution in [2.45, 2.75) is 72.2 Å². The van der Waals surface area contributed by atoms with Crippen molar-refractivity contribution in [3.63, 3.8) is 0 Å². The predicted octanol–water partition coefficient (Wildman–Crippen LogP) is 3.99. The van der Waals surface area contributed by atoms with Crippen molar-refractivity contribution in [3.8, 4) is 11.5 Å². The summed E-state index contributed by atoms with van der Waals surface area (Å²) in [5.41, 5.74) is 0.794. The van der Waals surface area contributed by atoms with Gasteiger partial charge in [0.2, 0.25) is 5.91 Å². The van der Waals surface area contributed by atoms with Gasteiger partial charge >= 0.3 is 10.1 Å². The molecule has 6 nitrogen and oxygen atoms in total. The molecule has 0 radical (unpaired) electrons. The topological polar surface area (TPSA) is 72.9 Å². The number of rotatable bonds is 10. The zero-order valence-electron chi connectivity index (χ0n) is 17.5. The maximum Gasteiger partial charge on any atom is 0.311 e. The molecule has 0 aliphatic rings. The standard InChI is InChI=1S/C20H33NO5S/c1-8-16(6)21(20(22)11-14(2)3)13-17-9-10-18(25-7)19(12-17)26-27(23,24)15(4)5/h9-10,12,14-16H,8,11,13H2,1-7H3/t16-/m1/s1. The Bertz CT molecular complexity index is 728. The van der Waals surface area contributed by atoms with Gasteiger partial charge in [0.1, 0.15) is 0 Å². The predicted molar refractivity (Wildman–Crippen MR) is 107 cm³/mol. The van der Waals surface area contributed by atoms with Gasteiger partial charge in [0.05, 0.1) is 12.4 Å². The number of hydrogen-bond acceptors (Lipinski definition) is 5. The molecule has 1 amide bonds. The van der Waals surface area contributed by atoms with E-state index >= 15 is 0 Å². The zero-order valence-corrected chi connectivity index (χ0v) is 18.3. The lowest BCUT2D eigenvalue weighted by molar-refractivity contribution is -0.134. The monoisotopic (exact) mass is 399 g/mol. The maximum absolute atomic E-state index is 12.7. The first-order valence-electron chi connectivity index (χ1n) is 9.41. The van der Waals surface area contributed by atoms with Crippen LogP contribution < -0.4 is 8.92 Å². The van der Waals surface area contributed by atoms with Crippen molar-refractivity contribution < 1.29 is 22.1 Å². The number of nitrogens with zero attached hydrogens (tertiary/aromatic N) is 1. The first kappa shape index (κ1) is 23.3. The van der Waals surface area contributed by atoms with E-state index in [0.29, 0.717) is 18.7 Å². The van der Waals surface area contributed by atoms with Gasteiger partial charge in [-0.25, -0.2) is 0 Å². The van der Waals surface area contributed by atoms with Crippen LogP contribution in [0.5, 0.6) is 11.5 Å². The summed E-state index contributed by atoms with van der Waals surface area (Å²) in [6, 6.07) is 5.22. The van der Waals surface area contributed by atoms with Crippen LogP contribution in [-0.2, 0) is 21.5 Å². The van der Waals surface area contributed by atoms with Crippen LogP contribution in [0.25, 0.3) is 0 Å². The number of amides is 1. The maximum atomic E-state index is 12.7. The Balaban J connectivity index is 3.17. The van der Waals surface area contributed by atoms with Gasteiger partial charge in [0.15, 0.2) is 11.5 Å². The third-order valence-corrected chi connectivity index (χ3v) is 5.96. The molecule has 1 aromatic carbocycles. The van der Waals surface area contributed by atoms with Gasteiger partial charge in [0, 0.05) is 19.0 Å². The SMILES string of the molecule is CC[C@@H](C)N(Cc1ccc(OC)c(OS(=O)(=O)C(C)C)c1)C(=O)CC(C)C. The second kappa shape index (κ2) is 9.97. The fourth-order valence-electron chi connectivity index (χ4n) is 2.48. The van der Waals surface area contributed by atoms with E-state index in [9.17, 15) is 13.2 Å². The molecule has 0 unspecified atom stereocenters. The highest BCUT2D eigenvalue weighted by Gasteiger charge is 2.23. The Labute approximate surface area is 164 Å². The van der Waals surface area contributed by atoms with E-state index < -0.39 is 15.4 Å². The van der Waals surface area contributed by atoms with Gasteiger partial charge in [-0.15, -0.1) is 0 Å². The summed E-state index contributed by atoms with van der Waals surface area (Å²) < 4.78 is 34.8. The zero-order chi connectivity index (χ0) is 20.8. The minimum atomic E-state index is -3.74. The molecule has 0 N–H and O–H groups in total. The fraction of sp³-hybridized carbons (Fsp3) is 0.650. The number of methoxy groups -OCH3 is 1. The van der Waals surface area contributed by atoms with Crippen LogP contribution >= 0.6 is 0 Å². The van der Waals surface area contributed by atoms with Gasteiger partial charge in [0.25, 0.3) is 0 Å². The van der Waals surface area contributed by atoms with Crippen molar-refractivity contribution in [1.29, 1.82) is 0 Å². The van der Waals surface area contributed by atoms with E-state index in [1.165, 1.54) is 7.11 Å². The summed E-state index contributed by atoms with van der Waals surface area (Å²) >= 11 is 0. The molecular formula is C20H33NO5S. The van der Waals surface area contributed by atoms with Crippen LogP contribution in [0.1, 0.15) is 59.9 Å². The molecular weight excluding hydrogens is 366 g/mol. The van der Waals surface area contributed by atoms with E-state index in [1.807, 2.05) is 38.7 Å². The quantitative estimate of drug-likeness (QED) is 0.556. The van der Waals surface area contributed by atoms with Crippen molar-refractivity contribution in [1.82, 2.24) is 4.90 Å². The highest BCUT2D eigenvalue weighted by Crippen LogP contribution is 2.31. The molecule has 1 aromatic rings. The highest BCUT2D eigenvalue weighted by molar-refractivity contribution is 7.87. The summed E-state index contributed by atoms with van der Waals surface area (Å²) in [6.45, 7) is 11.6. The molecule has 1 rings (SSSR count). The average Bonchev–Trinajstić information content (AvgIpc) is 2.58. The van der Waals surface area contributed by atoms with Gasteiger partial charge in [-0.1, -0.05) is 26.8 Å². The number of hydrogen-bond donors (Lipinski definition) is 0. The Kier molecular flexibility index (Phi) is 8.59. The molecule has 1 atom stereocenters. The van der Waals surface area contributed by atoms with Gasteiger partial charge in [-0.2, -0.15) is 8.42 Å². The normalized spacial score (nSPS) is 12.9. The van der Waals surface area contributed by atoms with Crippen LogP contribution in [0.15, 0.2) is 18.2 Å². The summed E-state index contributed by atoms with van der Waals surface area (Å²) in [7, 11) is -2.28. The molecule has 0 fully saturated rings. The van der Waals surface area contributed by atoms with Gasteiger partial charge in [-0.05, 0) is 50.8 Å². The number of ether oxygens (including phenoxy) is 1. The van der Waals surface area contributed by atoms with E-state index in [-0.39, 0.29) is 23.6 Å². The molecule has 0 bridgehead atoms. The molecule has 0 aliphatic carbocycles. The van der Waals surface area contributed by atoms with E-state index in [0.717, 1.165) is 12.0 Å². The Hall–Kier alpha value is -1.76. The van der Waals surface area contributed by atoms with E-state index in [4.69, 9.17) is 8.92 Å². The number of carbonyl (C=O) groups is 1. The lowest BCUT2D eigenvalue weighted by Crippen LogP contribution is -2.38. The molecule has 0 saturated carbocycles. The summed E-state index contributed by atoms with van der Waals surface area (Å²) in [5.74, 6) is 0.845. The smallest absolute Gasteiger partial charge is 0.311 e. The molecule has 0 aliphatic heterocycles. The Morgan fingerprint density at radius 2 is 1.74 bits per heavy atom. The van der Waals surface area contributed by atoms with Crippen LogP contribution in [0.3, 0.4) is 0 Å².